The molecule has 2 aromatic heterocycles. The summed E-state index contributed by atoms with van der Waals surface area (Å²) in [5.74, 6) is 0.874. The number of hydrogen-bond acceptors (Lipinski definition) is 4. The fourth-order valence-electron chi connectivity index (χ4n) is 2.44. The molecule has 18 heavy (non-hydrogen) atoms. The normalized spacial score (nSPS) is 19.3. The van der Waals surface area contributed by atoms with Crippen LogP contribution in [0.5, 0.6) is 0 Å². The van der Waals surface area contributed by atoms with Crippen molar-refractivity contribution in [1.29, 1.82) is 0 Å². The summed E-state index contributed by atoms with van der Waals surface area (Å²) < 4.78 is 2.15. The third-order valence-corrected chi connectivity index (χ3v) is 3.35. The number of allylic oxidation sites excluding steroid dienone is 2. The highest BCUT2D eigenvalue weighted by Crippen LogP contribution is 2.27. The third kappa shape index (κ3) is 1.75. The average molecular weight is 243 g/mol. The van der Waals surface area contributed by atoms with E-state index >= 15 is 0 Å². The van der Waals surface area contributed by atoms with Crippen LogP contribution in [-0.4, -0.2) is 33.6 Å². The minimum absolute atomic E-state index is 0.383. The van der Waals surface area contributed by atoms with Gasteiger partial charge in [-0.1, -0.05) is 12.2 Å². The van der Waals surface area contributed by atoms with Gasteiger partial charge >= 0.3 is 0 Å². The number of nitrogens with zero attached hydrogens (tertiary/aromatic N) is 5. The van der Waals surface area contributed by atoms with Crippen LogP contribution in [0.25, 0.3) is 11.2 Å². The monoisotopic (exact) mass is 243 g/mol. The summed E-state index contributed by atoms with van der Waals surface area (Å²) in [6.45, 7) is 0. The molecule has 5 heteroatoms. The van der Waals surface area contributed by atoms with Crippen LogP contribution in [0.2, 0.25) is 0 Å². The van der Waals surface area contributed by atoms with Crippen molar-refractivity contribution in [2.75, 3.05) is 19.0 Å². The fourth-order valence-corrected chi connectivity index (χ4v) is 2.44. The molecule has 0 bridgehead atoms. The molecular weight excluding hydrogens is 226 g/mol. The minimum atomic E-state index is 0.383. The maximum absolute atomic E-state index is 4.48. The first-order chi connectivity index (χ1) is 8.77. The molecule has 1 aliphatic rings. The lowest BCUT2D eigenvalue weighted by atomic mass is 10.0. The number of fused-ring (bicyclic) bond motifs is 1. The van der Waals surface area contributed by atoms with E-state index in [1.807, 2.05) is 25.3 Å². The predicted octanol–water partition coefficient (Wildman–Crippen LogP) is 2.17. The van der Waals surface area contributed by atoms with Crippen molar-refractivity contribution in [3.05, 3.63) is 24.8 Å². The zero-order valence-electron chi connectivity index (χ0n) is 10.7. The molecule has 0 spiro atoms. The smallest absolute Gasteiger partial charge is 0.165 e. The molecule has 1 atom stereocenters. The lowest BCUT2D eigenvalue weighted by Crippen LogP contribution is -2.12. The summed E-state index contributed by atoms with van der Waals surface area (Å²) in [6.07, 6.45) is 11.6. The van der Waals surface area contributed by atoms with Crippen molar-refractivity contribution in [3.8, 4) is 0 Å². The second kappa shape index (κ2) is 4.40. The Bertz CT molecular complexity index is 584. The van der Waals surface area contributed by atoms with Crippen molar-refractivity contribution < 1.29 is 0 Å². The number of hydrogen-bond donors (Lipinski definition) is 0. The van der Waals surface area contributed by atoms with Crippen LogP contribution in [0.4, 0.5) is 5.82 Å². The predicted molar refractivity (Wildman–Crippen MR) is 71.7 cm³/mol. The van der Waals surface area contributed by atoms with Crippen LogP contribution in [0.1, 0.15) is 25.3 Å². The average Bonchev–Trinajstić information content (AvgIpc) is 2.83. The molecular formula is C13H17N5. The molecule has 0 saturated carbocycles. The molecule has 94 valence electrons. The van der Waals surface area contributed by atoms with E-state index in [4.69, 9.17) is 0 Å². The van der Waals surface area contributed by atoms with Gasteiger partial charge in [-0.05, 0) is 19.3 Å². The van der Waals surface area contributed by atoms with Crippen LogP contribution in [0, 0.1) is 0 Å². The molecule has 0 unspecified atom stereocenters. The SMILES string of the molecule is CN(C)c1ncnc2c1ncn2[C@H]1C=CCCC1. The van der Waals surface area contributed by atoms with Gasteiger partial charge in [0.25, 0.3) is 0 Å². The summed E-state index contributed by atoms with van der Waals surface area (Å²) in [7, 11) is 3.95. The van der Waals surface area contributed by atoms with Crippen molar-refractivity contribution in [2.24, 2.45) is 0 Å². The lowest BCUT2D eigenvalue weighted by Gasteiger charge is -2.18. The first-order valence-corrected chi connectivity index (χ1v) is 6.29. The second-order valence-corrected chi connectivity index (χ2v) is 4.84. The Morgan fingerprint density at radius 3 is 2.89 bits per heavy atom. The van der Waals surface area contributed by atoms with Crippen molar-refractivity contribution >= 4 is 17.0 Å². The molecule has 1 aliphatic carbocycles. The Kier molecular flexibility index (Phi) is 2.74. The van der Waals surface area contributed by atoms with E-state index in [1.54, 1.807) is 6.33 Å². The van der Waals surface area contributed by atoms with Crippen molar-refractivity contribution in [2.45, 2.75) is 25.3 Å². The van der Waals surface area contributed by atoms with Gasteiger partial charge in [-0.2, -0.15) is 0 Å². The summed E-state index contributed by atoms with van der Waals surface area (Å²) in [5, 5.41) is 0. The molecule has 0 fully saturated rings. The Labute approximate surface area is 106 Å². The van der Waals surface area contributed by atoms with Gasteiger partial charge in [-0.25, -0.2) is 15.0 Å². The Morgan fingerprint density at radius 2 is 2.17 bits per heavy atom. The first-order valence-electron chi connectivity index (χ1n) is 6.29. The maximum atomic E-state index is 4.48. The summed E-state index contributed by atoms with van der Waals surface area (Å²) in [6, 6.07) is 0.383. The molecule has 0 amide bonds. The molecule has 0 aromatic carbocycles. The number of imidazole rings is 1. The van der Waals surface area contributed by atoms with Crippen LogP contribution < -0.4 is 4.90 Å². The number of rotatable bonds is 2. The van der Waals surface area contributed by atoms with Crippen LogP contribution in [0.15, 0.2) is 24.8 Å². The van der Waals surface area contributed by atoms with E-state index in [1.165, 1.54) is 12.8 Å². The van der Waals surface area contributed by atoms with Gasteiger partial charge in [0.2, 0.25) is 0 Å². The van der Waals surface area contributed by atoms with Gasteiger partial charge in [0.1, 0.15) is 6.33 Å². The highest BCUT2D eigenvalue weighted by molar-refractivity contribution is 5.83. The minimum Gasteiger partial charge on any atom is -0.361 e. The molecule has 5 nitrogen and oxygen atoms in total. The topological polar surface area (TPSA) is 46.8 Å². The number of aromatic nitrogens is 4. The largest absolute Gasteiger partial charge is 0.361 e. The standard InChI is InChI=1S/C13H17N5/c1-17(2)12-11-13(15-8-14-12)18(9-16-11)10-6-4-3-5-7-10/h4,6,8-10H,3,5,7H2,1-2H3/t10-/m0/s1. The van der Waals surface area contributed by atoms with Gasteiger partial charge in [-0.3, -0.25) is 0 Å². The summed E-state index contributed by atoms with van der Waals surface area (Å²) >= 11 is 0. The highest BCUT2D eigenvalue weighted by Gasteiger charge is 2.17. The molecule has 2 aromatic rings. The van der Waals surface area contributed by atoms with Crippen LogP contribution >= 0.6 is 0 Å². The Balaban J connectivity index is 2.12. The molecule has 0 radical (unpaired) electrons. The molecule has 0 saturated heterocycles. The zero-order chi connectivity index (χ0) is 12.5. The maximum Gasteiger partial charge on any atom is 0.165 e. The zero-order valence-corrected chi connectivity index (χ0v) is 10.7. The number of anilines is 1. The van der Waals surface area contributed by atoms with Crippen molar-refractivity contribution in [1.82, 2.24) is 19.5 Å². The van der Waals surface area contributed by atoms with Crippen molar-refractivity contribution in [3.63, 3.8) is 0 Å². The molecule has 2 heterocycles. The van der Waals surface area contributed by atoms with E-state index in [0.29, 0.717) is 6.04 Å². The molecule has 0 aliphatic heterocycles. The van der Waals surface area contributed by atoms with Gasteiger partial charge in [-0.15, -0.1) is 0 Å². The Morgan fingerprint density at radius 1 is 1.28 bits per heavy atom. The fraction of sp³-hybridized carbons (Fsp3) is 0.462. The van der Waals surface area contributed by atoms with Gasteiger partial charge in [0, 0.05) is 14.1 Å². The molecule has 3 rings (SSSR count). The summed E-state index contributed by atoms with van der Waals surface area (Å²) in [5.41, 5.74) is 1.80. The second-order valence-electron chi connectivity index (χ2n) is 4.84. The third-order valence-electron chi connectivity index (χ3n) is 3.35. The highest BCUT2D eigenvalue weighted by atomic mass is 15.2. The summed E-state index contributed by atoms with van der Waals surface area (Å²) in [4.78, 5) is 15.1. The van der Waals surface area contributed by atoms with Gasteiger partial charge in [0.05, 0.1) is 12.4 Å². The van der Waals surface area contributed by atoms with Gasteiger partial charge < -0.3 is 9.47 Å². The van der Waals surface area contributed by atoms with Crippen LogP contribution in [0.3, 0.4) is 0 Å². The first kappa shape index (κ1) is 11.2. The van der Waals surface area contributed by atoms with E-state index in [9.17, 15) is 0 Å². The van der Waals surface area contributed by atoms with Gasteiger partial charge in [0.15, 0.2) is 17.0 Å². The van der Waals surface area contributed by atoms with E-state index in [0.717, 1.165) is 23.4 Å². The van der Waals surface area contributed by atoms with E-state index < -0.39 is 0 Å². The van der Waals surface area contributed by atoms with E-state index in [-0.39, 0.29) is 0 Å². The lowest BCUT2D eigenvalue weighted by molar-refractivity contribution is 0.525. The molecule has 0 N–H and O–H groups in total. The Hall–Kier alpha value is -1.91. The van der Waals surface area contributed by atoms with Crippen LogP contribution in [-0.2, 0) is 0 Å². The van der Waals surface area contributed by atoms with E-state index in [2.05, 4.69) is 31.7 Å². The quantitative estimate of drug-likeness (QED) is 0.758.